The van der Waals surface area contributed by atoms with Crippen LogP contribution in [0.3, 0.4) is 0 Å². The minimum Gasteiger partial charge on any atom is -0.486 e. The van der Waals surface area contributed by atoms with Crippen LogP contribution in [0.4, 0.5) is 8.78 Å². The number of aromatic nitrogens is 2. The summed E-state index contributed by atoms with van der Waals surface area (Å²) in [6, 6.07) is 3.60. The highest BCUT2D eigenvalue weighted by Gasteiger charge is 2.43. The lowest BCUT2D eigenvalue weighted by Crippen LogP contribution is -2.51. The molecule has 1 aromatic carbocycles. The van der Waals surface area contributed by atoms with E-state index < -0.39 is 18.1 Å². The van der Waals surface area contributed by atoms with E-state index >= 15 is 0 Å². The van der Waals surface area contributed by atoms with Gasteiger partial charge in [-0.3, -0.25) is 4.79 Å². The third-order valence-electron chi connectivity index (χ3n) is 6.26. The fourth-order valence-electron chi connectivity index (χ4n) is 4.65. The highest BCUT2D eigenvalue weighted by atomic mass is 35.5. The molecule has 2 bridgehead atoms. The van der Waals surface area contributed by atoms with Gasteiger partial charge in [0.1, 0.15) is 17.7 Å². The van der Waals surface area contributed by atoms with Gasteiger partial charge < -0.3 is 20.7 Å². The average molecular weight is 462 g/mol. The van der Waals surface area contributed by atoms with Crippen LogP contribution in [-0.4, -0.2) is 58.2 Å². The third kappa shape index (κ3) is 3.91. The number of hydrogen-bond donors (Lipinski definition) is 2. The molecule has 4 heterocycles. The molecule has 32 heavy (non-hydrogen) atoms. The number of carbonyl (C=O) groups is 1. The number of hydrogen-bond acceptors (Lipinski definition) is 6. The van der Waals surface area contributed by atoms with E-state index in [1.54, 1.807) is 0 Å². The second kappa shape index (κ2) is 8.29. The Hall–Kier alpha value is -2.78. The topological polar surface area (TPSA) is 93.4 Å². The molecule has 10 heteroatoms. The monoisotopic (exact) mass is 461 g/mol. The minimum absolute atomic E-state index is 0.0405. The average Bonchev–Trinajstić information content (AvgIpc) is 3.36. The normalized spacial score (nSPS) is 27.2. The summed E-state index contributed by atoms with van der Waals surface area (Å²) in [6.45, 7) is 0.354. The summed E-state index contributed by atoms with van der Waals surface area (Å²) in [5, 5.41) is 3.63. The van der Waals surface area contributed by atoms with Crippen LogP contribution in [0.1, 0.15) is 35.4 Å². The molecule has 7 nitrogen and oxygen atoms in total. The Morgan fingerprint density at radius 2 is 2.03 bits per heavy atom. The van der Waals surface area contributed by atoms with Crippen LogP contribution in [0.15, 0.2) is 36.3 Å². The summed E-state index contributed by atoms with van der Waals surface area (Å²) in [7, 11) is 0. The molecule has 2 fully saturated rings. The molecular formula is C22H22ClF2N5O2. The zero-order chi connectivity index (χ0) is 22.4. The lowest BCUT2D eigenvalue weighted by molar-refractivity contribution is 0.0442. The Bertz CT molecular complexity index is 1080. The Morgan fingerprint density at radius 1 is 1.25 bits per heavy atom. The maximum atomic E-state index is 14.9. The molecule has 2 aromatic rings. The third-order valence-corrected chi connectivity index (χ3v) is 6.46. The molecule has 168 valence electrons. The quantitative estimate of drug-likeness (QED) is 0.727. The van der Waals surface area contributed by atoms with Crippen LogP contribution < -0.4 is 15.8 Å². The van der Waals surface area contributed by atoms with E-state index in [4.69, 9.17) is 22.1 Å². The molecule has 0 spiro atoms. The van der Waals surface area contributed by atoms with Gasteiger partial charge in [0.05, 0.1) is 23.7 Å². The van der Waals surface area contributed by atoms with Crippen LogP contribution in [0, 0.1) is 5.82 Å². The standard InChI is InChI=1S/C22H22ClF2N5O2/c23-11-7-27-21(28-8-11)15-9-30(10-16(15)26)22(31)14-3-1-12(24)5-18(14)32-19-6-13-2-4-17(29-13)20(19)25/h1,3,5,7-8,13,17,19-20,29H,2,4,6,9-10,26H2/t13-,17+,19+,20?/m0/s1. The van der Waals surface area contributed by atoms with Crippen molar-refractivity contribution in [1.82, 2.24) is 20.2 Å². The highest BCUT2D eigenvalue weighted by Crippen LogP contribution is 2.34. The largest absolute Gasteiger partial charge is 0.486 e. The number of piperidine rings is 1. The minimum atomic E-state index is -1.22. The number of fused-ring (bicyclic) bond motifs is 2. The van der Waals surface area contributed by atoms with Gasteiger partial charge in [0.25, 0.3) is 5.91 Å². The Morgan fingerprint density at radius 3 is 2.81 bits per heavy atom. The zero-order valence-corrected chi connectivity index (χ0v) is 17.9. The van der Waals surface area contributed by atoms with Crippen molar-refractivity contribution < 1.29 is 18.3 Å². The summed E-state index contributed by atoms with van der Waals surface area (Å²) in [5.41, 5.74) is 7.40. The van der Waals surface area contributed by atoms with E-state index in [2.05, 4.69) is 15.3 Å². The van der Waals surface area contributed by atoms with Crippen LogP contribution in [0.5, 0.6) is 5.75 Å². The van der Waals surface area contributed by atoms with Crippen molar-refractivity contribution in [2.75, 3.05) is 13.1 Å². The van der Waals surface area contributed by atoms with Gasteiger partial charge in [0.2, 0.25) is 0 Å². The maximum absolute atomic E-state index is 14.9. The summed E-state index contributed by atoms with van der Waals surface area (Å²) in [6.07, 6.45) is 3.06. The summed E-state index contributed by atoms with van der Waals surface area (Å²) in [5.74, 6) is -0.514. The molecule has 0 saturated carbocycles. The molecule has 1 amide bonds. The van der Waals surface area contributed by atoms with Gasteiger partial charge in [-0.15, -0.1) is 0 Å². The van der Waals surface area contributed by atoms with Crippen molar-refractivity contribution in [3.8, 4) is 5.75 Å². The number of alkyl halides is 1. The molecule has 3 aliphatic rings. The maximum Gasteiger partial charge on any atom is 0.258 e. The Balaban J connectivity index is 1.36. The van der Waals surface area contributed by atoms with E-state index in [0.717, 1.165) is 18.9 Å². The van der Waals surface area contributed by atoms with Gasteiger partial charge in [-0.1, -0.05) is 11.6 Å². The number of amides is 1. The van der Waals surface area contributed by atoms with Crippen molar-refractivity contribution in [2.24, 2.45) is 5.73 Å². The van der Waals surface area contributed by atoms with Crippen LogP contribution in [0.25, 0.3) is 5.57 Å². The van der Waals surface area contributed by atoms with Crippen molar-refractivity contribution in [1.29, 1.82) is 0 Å². The van der Waals surface area contributed by atoms with E-state index in [9.17, 15) is 13.6 Å². The molecule has 3 N–H and O–H groups in total. The molecule has 3 aliphatic heterocycles. The number of nitrogens with zero attached hydrogens (tertiary/aromatic N) is 3. The van der Waals surface area contributed by atoms with Gasteiger partial charge in [-0.2, -0.15) is 0 Å². The first-order chi connectivity index (χ1) is 15.4. The van der Waals surface area contributed by atoms with Crippen LogP contribution in [0.2, 0.25) is 5.02 Å². The van der Waals surface area contributed by atoms with Gasteiger partial charge in [-0.25, -0.2) is 18.7 Å². The number of benzene rings is 1. The molecular weight excluding hydrogens is 440 g/mol. The molecule has 1 aromatic heterocycles. The Kier molecular flexibility index (Phi) is 5.46. The van der Waals surface area contributed by atoms with Crippen molar-refractivity contribution >= 4 is 23.1 Å². The fourth-order valence-corrected chi connectivity index (χ4v) is 4.75. The fraction of sp³-hybridized carbons (Fsp3) is 0.409. The smallest absolute Gasteiger partial charge is 0.258 e. The first-order valence-electron chi connectivity index (χ1n) is 10.5. The number of nitrogens with one attached hydrogen (secondary N) is 1. The first kappa shape index (κ1) is 21.1. The number of nitrogens with two attached hydrogens (primary N) is 1. The predicted molar refractivity (Wildman–Crippen MR) is 114 cm³/mol. The molecule has 0 aliphatic carbocycles. The number of carbonyl (C=O) groups excluding carboxylic acids is 1. The van der Waals surface area contributed by atoms with Gasteiger partial charge in [0, 0.05) is 48.2 Å². The lowest BCUT2D eigenvalue weighted by Gasteiger charge is -2.33. The number of rotatable bonds is 4. The van der Waals surface area contributed by atoms with Gasteiger partial charge in [0.15, 0.2) is 12.0 Å². The van der Waals surface area contributed by atoms with Crippen molar-refractivity contribution in [2.45, 2.75) is 43.6 Å². The molecule has 2 saturated heterocycles. The van der Waals surface area contributed by atoms with Crippen LogP contribution in [-0.2, 0) is 0 Å². The van der Waals surface area contributed by atoms with E-state index in [-0.39, 0.29) is 42.4 Å². The summed E-state index contributed by atoms with van der Waals surface area (Å²) >= 11 is 5.84. The van der Waals surface area contributed by atoms with Crippen LogP contribution >= 0.6 is 11.6 Å². The second-order valence-electron chi connectivity index (χ2n) is 8.41. The first-order valence-corrected chi connectivity index (χ1v) is 10.9. The zero-order valence-electron chi connectivity index (χ0n) is 17.1. The van der Waals surface area contributed by atoms with E-state index in [1.807, 2.05) is 0 Å². The van der Waals surface area contributed by atoms with Crippen molar-refractivity contribution in [3.05, 3.63) is 58.5 Å². The second-order valence-corrected chi connectivity index (χ2v) is 8.85. The van der Waals surface area contributed by atoms with E-state index in [0.29, 0.717) is 28.5 Å². The summed E-state index contributed by atoms with van der Waals surface area (Å²) < 4.78 is 34.8. The molecule has 4 atom stereocenters. The molecule has 5 rings (SSSR count). The SMILES string of the molecule is NC1=C(c2ncc(Cl)cn2)CN(C(=O)c2ccc(F)cc2O[C@@H]2C[C@@H]3CC[C@@H](N3)C2F)C1. The summed E-state index contributed by atoms with van der Waals surface area (Å²) in [4.78, 5) is 23.1. The predicted octanol–water partition coefficient (Wildman–Crippen LogP) is 2.70. The number of ether oxygens (including phenoxy) is 1. The van der Waals surface area contributed by atoms with E-state index in [1.165, 1.54) is 29.4 Å². The number of halogens is 3. The molecule has 1 unspecified atom stereocenters. The highest BCUT2D eigenvalue weighted by molar-refractivity contribution is 6.30. The van der Waals surface area contributed by atoms with Gasteiger partial charge in [-0.05, 0) is 25.0 Å². The molecule has 0 radical (unpaired) electrons. The Labute approximate surface area is 188 Å². The van der Waals surface area contributed by atoms with Crippen molar-refractivity contribution in [3.63, 3.8) is 0 Å². The van der Waals surface area contributed by atoms with Gasteiger partial charge >= 0.3 is 0 Å². The lowest BCUT2D eigenvalue weighted by atomic mass is 10.00.